The van der Waals surface area contributed by atoms with Crippen LogP contribution in [0.3, 0.4) is 0 Å². The lowest BCUT2D eigenvalue weighted by Crippen LogP contribution is -1.99. The van der Waals surface area contributed by atoms with Crippen molar-refractivity contribution >= 4 is 17.7 Å². The van der Waals surface area contributed by atoms with Crippen molar-refractivity contribution in [1.29, 1.82) is 0 Å². The van der Waals surface area contributed by atoms with E-state index in [1.165, 1.54) is 7.11 Å². The number of hydrogen-bond donors (Lipinski definition) is 1. The van der Waals surface area contributed by atoms with E-state index in [4.69, 9.17) is 9.47 Å². The molecule has 0 heterocycles. The number of rotatable bonds is 3. The van der Waals surface area contributed by atoms with E-state index in [0.717, 1.165) is 5.56 Å². The molecule has 0 amide bonds. The maximum atomic E-state index is 11.2. The third kappa shape index (κ3) is 2.01. The Balaban J connectivity index is 3.34. The maximum Gasteiger partial charge on any atom is 0.220 e. The average Bonchev–Trinajstić information content (AvgIpc) is 2.15. The summed E-state index contributed by atoms with van der Waals surface area (Å²) in [6.45, 7) is 1.81. The van der Waals surface area contributed by atoms with Crippen LogP contribution in [-0.4, -0.2) is 19.3 Å². The molecule has 0 aliphatic carbocycles. The summed E-state index contributed by atoms with van der Waals surface area (Å²) in [5.41, 5.74) is 1.28. The second kappa shape index (κ2) is 4.37. The largest absolute Gasteiger partial charge is 0.497 e. The summed E-state index contributed by atoms with van der Waals surface area (Å²) in [6.07, 6.45) is 0. The molecule has 0 aliphatic rings. The zero-order chi connectivity index (χ0) is 10.7. The Labute approximate surface area is 88.4 Å². The van der Waals surface area contributed by atoms with E-state index >= 15 is 0 Å². The van der Waals surface area contributed by atoms with Gasteiger partial charge in [0.05, 0.1) is 19.8 Å². The molecule has 0 radical (unpaired) electrons. The van der Waals surface area contributed by atoms with Gasteiger partial charge in [-0.15, -0.1) is 12.6 Å². The van der Waals surface area contributed by atoms with E-state index in [9.17, 15) is 4.79 Å². The van der Waals surface area contributed by atoms with E-state index in [2.05, 4.69) is 12.6 Å². The summed E-state index contributed by atoms with van der Waals surface area (Å²) in [5, 5.41) is -0.304. The van der Waals surface area contributed by atoms with Crippen LogP contribution in [-0.2, 0) is 0 Å². The van der Waals surface area contributed by atoms with Gasteiger partial charge in [0.15, 0.2) is 0 Å². The van der Waals surface area contributed by atoms with E-state index < -0.39 is 0 Å². The van der Waals surface area contributed by atoms with Gasteiger partial charge in [0.2, 0.25) is 5.12 Å². The molecule has 0 atom stereocenters. The van der Waals surface area contributed by atoms with E-state index in [1.54, 1.807) is 19.2 Å². The van der Waals surface area contributed by atoms with Gasteiger partial charge in [-0.2, -0.15) is 0 Å². The summed E-state index contributed by atoms with van der Waals surface area (Å²) in [7, 11) is 3.07. The molecule has 0 saturated heterocycles. The van der Waals surface area contributed by atoms with Crippen molar-refractivity contribution in [2.75, 3.05) is 14.2 Å². The first-order valence-corrected chi connectivity index (χ1v) is 4.50. The van der Waals surface area contributed by atoms with E-state index in [-0.39, 0.29) is 5.12 Å². The molecular weight excluding hydrogens is 200 g/mol. The Bertz CT molecular complexity index is 361. The second-order valence-electron chi connectivity index (χ2n) is 2.83. The maximum absolute atomic E-state index is 11.2. The highest BCUT2D eigenvalue weighted by Crippen LogP contribution is 2.29. The van der Waals surface area contributed by atoms with Gasteiger partial charge < -0.3 is 9.47 Å². The third-order valence-electron chi connectivity index (χ3n) is 1.94. The van der Waals surface area contributed by atoms with Gasteiger partial charge in [0.25, 0.3) is 0 Å². The number of benzene rings is 1. The third-order valence-corrected chi connectivity index (χ3v) is 2.17. The van der Waals surface area contributed by atoms with Gasteiger partial charge in [-0.05, 0) is 18.6 Å². The number of carbonyl (C=O) groups is 1. The van der Waals surface area contributed by atoms with Gasteiger partial charge in [0, 0.05) is 6.07 Å². The van der Waals surface area contributed by atoms with E-state index in [0.29, 0.717) is 17.1 Å². The SMILES string of the molecule is COc1cc(C)c(C(=O)S)c(OC)c1. The Hall–Kier alpha value is -1.16. The average molecular weight is 212 g/mol. The highest BCUT2D eigenvalue weighted by Gasteiger charge is 2.13. The van der Waals surface area contributed by atoms with Crippen molar-refractivity contribution in [1.82, 2.24) is 0 Å². The Morgan fingerprint density at radius 2 is 1.93 bits per heavy atom. The van der Waals surface area contributed by atoms with Crippen LogP contribution in [0.4, 0.5) is 0 Å². The molecule has 1 aromatic carbocycles. The standard InChI is InChI=1S/C10H12O3S/c1-6-4-7(12-2)5-8(13-3)9(6)10(11)14/h4-5H,1-3H3,(H,11,14). The molecule has 0 spiro atoms. The zero-order valence-corrected chi connectivity index (χ0v) is 9.22. The predicted molar refractivity (Wildman–Crippen MR) is 57.6 cm³/mol. The number of ether oxygens (including phenoxy) is 2. The minimum atomic E-state index is -0.304. The summed E-state index contributed by atoms with van der Waals surface area (Å²) >= 11 is 3.78. The number of methoxy groups -OCH3 is 2. The molecule has 0 bridgehead atoms. The molecule has 0 N–H and O–H groups in total. The summed E-state index contributed by atoms with van der Waals surface area (Å²) in [6, 6.07) is 3.43. The number of carbonyl (C=O) groups excluding carboxylic acids is 1. The molecule has 1 rings (SSSR count). The first-order chi connectivity index (χ1) is 6.60. The summed E-state index contributed by atoms with van der Waals surface area (Å²) in [5.74, 6) is 1.15. The topological polar surface area (TPSA) is 35.5 Å². The van der Waals surface area contributed by atoms with Crippen LogP contribution in [0.25, 0.3) is 0 Å². The van der Waals surface area contributed by atoms with Crippen molar-refractivity contribution < 1.29 is 14.3 Å². The van der Waals surface area contributed by atoms with Crippen molar-refractivity contribution in [3.8, 4) is 11.5 Å². The summed E-state index contributed by atoms with van der Waals surface area (Å²) < 4.78 is 10.1. The number of aryl methyl sites for hydroxylation is 1. The molecule has 3 nitrogen and oxygen atoms in total. The van der Waals surface area contributed by atoms with Gasteiger partial charge in [-0.25, -0.2) is 0 Å². The van der Waals surface area contributed by atoms with Gasteiger partial charge in [0.1, 0.15) is 11.5 Å². The molecule has 0 aliphatic heterocycles. The lowest BCUT2D eigenvalue weighted by atomic mass is 10.1. The molecule has 1 aromatic rings. The smallest absolute Gasteiger partial charge is 0.220 e. The van der Waals surface area contributed by atoms with Crippen LogP contribution < -0.4 is 9.47 Å². The number of hydrogen-bond acceptors (Lipinski definition) is 3. The molecule has 0 fully saturated rings. The van der Waals surface area contributed by atoms with Crippen LogP contribution in [0.15, 0.2) is 12.1 Å². The number of thiol groups is 1. The predicted octanol–water partition coefficient (Wildman–Crippen LogP) is 2.08. The van der Waals surface area contributed by atoms with Crippen molar-refractivity contribution in [3.63, 3.8) is 0 Å². The van der Waals surface area contributed by atoms with Crippen molar-refractivity contribution in [2.45, 2.75) is 6.92 Å². The summed E-state index contributed by atoms with van der Waals surface area (Å²) in [4.78, 5) is 11.2. The lowest BCUT2D eigenvalue weighted by Gasteiger charge is -2.10. The molecule has 0 saturated carbocycles. The molecule has 14 heavy (non-hydrogen) atoms. The van der Waals surface area contributed by atoms with Crippen molar-refractivity contribution in [3.05, 3.63) is 23.3 Å². The molecule has 4 heteroatoms. The van der Waals surface area contributed by atoms with Crippen LogP contribution in [0.1, 0.15) is 15.9 Å². The van der Waals surface area contributed by atoms with Crippen LogP contribution in [0.2, 0.25) is 0 Å². The molecule has 0 aromatic heterocycles. The van der Waals surface area contributed by atoms with Gasteiger partial charge in [-0.3, -0.25) is 4.79 Å². The first-order valence-electron chi connectivity index (χ1n) is 4.06. The second-order valence-corrected chi connectivity index (χ2v) is 3.23. The zero-order valence-electron chi connectivity index (χ0n) is 8.33. The van der Waals surface area contributed by atoms with Crippen LogP contribution >= 0.6 is 12.6 Å². The lowest BCUT2D eigenvalue weighted by molar-refractivity contribution is 0.108. The van der Waals surface area contributed by atoms with Crippen LogP contribution in [0.5, 0.6) is 11.5 Å². The highest BCUT2D eigenvalue weighted by atomic mass is 32.1. The first kappa shape index (κ1) is 10.9. The molecule has 76 valence electrons. The fourth-order valence-corrected chi connectivity index (χ4v) is 1.56. The Morgan fingerprint density at radius 1 is 1.29 bits per heavy atom. The Kier molecular flexibility index (Phi) is 3.41. The molecular formula is C10H12O3S. The minimum absolute atomic E-state index is 0.304. The fraction of sp³-hybridized carbons (Fsp3) is 0.300. The van der Waals surface area contributed by atoms with Gasteiger partial charge in [-0.1, -0.05) is 0 Å². The highest BCUT2D eigenvalue weighted by molar-refractivity contribution is 7.97. The fourth-order valence-electron chi connectivity index (χ4n) is 1.28. The molecule has 0 unspecified atom stereocenters. The minimum Gasteiger partial charge on any atom is -0.497 e. The quantitative estimate of drug-likeness (QED) is 0.779. The van der Waals surface area contributed by atoms with Crippen LogP contribution in [0, 0.1) is 6.92 Å². The monoisotopic (exact) mass is 212 g/mol. The van der Waals surface area contributed by atoms with E-state index in [1.807, 2.05) is 6.92 Å². The normalized spacial score (nSPS) is 9.71. The van der Waals surface area contributed by atoms with Crippen molar-refractivity contribution in [2.24, 2.45) is 0 Å². The Morgan fingerprint density at radius 3 is 2.36 bits per heavy atom. The van der Waals surface area contributed by atoms with Gasteiger partial charge >= 0.3 is 0 Å².